The van der Waals surface area contributed by atoms with E-state index in [1.54, 1.807) is 38.5 Å². The SMILES string of the molecule is CCC(Cc1ccccc1)(C(=O)c1ccc(Cl)cc1)N(C)C.CCC(Cc1ccccc1)(C(=O)c1ccc(OC)c(OC)c1)N(C)C.CCC(Cc1ccccc1)(C(=O)c1ccccc1)N(C)C. The zero-order chi connectivity index (χ0) is 49.9. The quantitative estimate of drug-likeness (QED) is 0.0701. The van der Waals surface area contributed by atoms with Crippen molar-refractivity contribution in [1.29, 1.82) is 0 Å². The minimum atomic E-state index is -0.610. The molecular formula is C59H72ClN3O5. The maximum atomic E-state index is 13.5. The lowest BCUT2D eigenvalue weighted by Gasteiger charge is -2.38. The molecule has 0 radical (unpaired) electrons. The van der Waals surface area contributed by atoms with Crippen molar-refractivity contribution in [2.75, 3.05) is 56.5 Å². The number of carbonyl (C=O) groups is 3. The lowest BCUT2D eigenvalue weighted by Crippen LogP contribution is -2.52. The highest BCUT2D eigenvalue weighted by molar-refractivity contribution is 6.30. The standard InChI is InChI=1S/C21H27NO3.C19H22ClNO.C19H23NO/c1-6-21(22(2)3,15-16-10-8-7-9-11-16)20(23)17-12-13-18(24-4)19(14-17)25-5;1-4-19(21(2)3,14-15-8-6-5-7-9-15)18(22)16-10-12-17(20)13-11-16;1-4-19(20(2)3,15-16-11-7-5-8-12-16)18(21)17-13-9-6-10-14-17/h7-14H,6,15H2,1-5H3;5-13H,4,14H2,1-3H3;5-14H,4,15H2,1-3H3. The fourth-order valence-corrected chi connectivity index (χ4v) is 9.03. The molecule has 9 heteroatoms. The number of ether oxygens (including phenoxy) is 2. The van der Waals surface area contributed by atoms with Crippen LogP contribution in [0.1, 0.15) is 87.8 Å². The Balaban J connectivity index is 0.000000223. The number of likely N-dealkylation sites (N-methyl/N-ethyl adjacent to an activating group) is 3. The molecule has 0 spiro atoms. The number of rotatable bonds is 20. The zero-order valence-electron chi connectivity index (χ0n) is 42.1. The zero-order valence-corrected chi connectivity index (χ0v) is 42.8. The van der Waals surface area contributed by atoms with E-state index in [9.17, 15) is 14.4 Å². The first kappa shape index (κ1) is 54.7. The van der Waals surface area contributed by atoms with E-state index < -0.39 is 16.6 Å². The van der Waals surface area contributed by atoms with Crippen LogP contribution in [0.3, 0.4) is 0 Å². The van der Waals surface area contributed by atoms with Crippen LogP contribution < -0.4 is 9.47 Å². The monoisotopic (exact) mass is 938 g/mol. The number of methoxy groups -OCH3 is 2. The molecule has 6 aromatic carbocycles. The van der Waals surface area contributed by atoms with E-state index in [-0.39, 0.29) is 17.3 Å². The minimum Gasteiger partial charge on any atom is -0.493 e. The second-order valence-electron chi connectivity index (χ2n) is 17.8. The third-order valence-corrected chi connectivity index (χ3v) is 13.6. The van der Waals surface area contributed by atoms with Gasteiger partial charge in [0.2, 0.25) is 0 Å². The number of nitrogens with zero attached hydrogens (tertiary/aromatic N) is 3. The third-order valence-electron chi connectivity index (χ3n) is 13.4. The van der Waals surface area contributed by atoms with E-state index in [0.717, 1.165) is 30.4 Å². The van der Waals surface area contributed by atoms with Gasteiger partial charge in [0.05, 0.1) is 30.8 Å². The van der Waals surface area contributed by atoms with Gasteiger partial charge in [-0.15, -0.1) is 0 Å². The fraction of sp³-hybridized carbons (Fsp3) is 0.339. The Bertz CT molecular complexity index is 2470. The van der Waals surface area contributed by atoms with E-state index >= 15 is 0 Å². The first-order valence-electron chi connectivity index (χ1n) is 23.4. The van der Waals surface area contributed by atoms with Crippen molar-refractivity contribution < 1.29 is 23.9 Å². The number of halogens is 1. The van der Waals surface area contributed by atoms with Crippen molar-refractivity contribution in [2.24, 2.45) is 0 Å². The van der Waals surface area contributed by atoms with Crippen molar-refractivity contribution in [3.63, 3.8) is 0 Å². The van der Waals surface area contributed by atoms with Crippen molar-refractivity contribution in [1.82, 2.24) is 14.7 Å². The summed E-state index contributed by atoms with van der Waals surface area (Å²) in [5.41, 5.74) is 3.97. The fourth-order valence-electron chi connectivity index (χ4n) is 8.90. The molecule has 0 amide bonds. The van der Waals surface area contributed by atoms with Gasteiger partial charge in [0.25, 0.3) is 0 Å². The van der Waals surface area contributed by atoms with Crippen LogP contribution in [0, 0.1) is 0 Å². The van der Waals surface area contributed by atoms with Crippen molar-refractivity contribution in [3.05, 3.63) is 202 Å². The van der Waals surface area contributed by atoms with Gasteiger partial charge in [-0.25, -0.2) is 0 Å². The second-order valence-corrected chi connectivity index (χ2v) is 18.2. The molecule has 0 fully saturated rings. The first-order chi connectivity index (χ1) is 32.6. The lowest BCUT2D eigenvalue weighted by molar-refractivity contribution is 0.0660. The van der Waals surface area contributed by atoms with E-state index in [1.807, 2.05) is 155 Å². The first-order valence-corrected chi connectivity index (χ1v) is 23.8. The van der Waals surface area contributed by atoms with Gasteiger partial charge in [-0.3, -0.25) is 29.1 Å². The number of Topliss-reactive ketones (excluding diaryl/α,β-unsaturated/α-hetero) is 3. The summed E-state index contributed by atoms with van der Waals surface area (Å²) >= 11 is 5.94. The number of hydrogen-bond acceptors (Lipinski definition) is 8. The number of hydrogen-bond donors (Lipinski definition) is 0. The molecule has 3 unspecified atom stereocenters. The highest BCUT2D eigenvalue weighted by Gasteiger charge is 2.42. The Kier molecular flexibility index (Phi) is 20.9. The summed E-state index contributed by atoms with van der Waals surface area (Å²) in [6, 6.07) is 52.6. The Labute approximate surface area is 411 Å². The molecule has 0 bridgehead atoms. The highest BCUT2D eigenvalue weighted by Crippen LogP contribution is 2.34. The van der Waals surface area contributed by atoms with Crippen molar-refractivity contribution >= 4 is 29.0 Å². The molecular weight excluding hydrogens is 866 g/mol. The van der Waals surface area contributed by atoms with Crippen LogP contribution in [0.5, 0.6) is 11.5 Å². The van der Waals surface area contributed by atoms with Gasteiger partial charge in [-0.2, -0.15) is 0 Å². The van der Waals surface area contributed by atoms with Crippen LogP contribution in [0.15, 0.2) is 164 Å². The van der Waals surface area contributed by atoms with Gasteiger partial charge in [0.15, 0.2) is 28.8 Å². The molecule has 0 aliphatic rings. The molecule has 360 valence electrons. The molecule has 0 aliphatic carbocycles. The van der Waals surface area contributed by atoms with E-state index in [1.165, 1.54) is 11.1 Å². The average Bonchev–Trinajstić information content (AvgIpc) is 3.37. The maximum absolute atomic E-state index is 13.5. The second kappa shape index (κ2) is 26.0. The molecule has 0 aliphatic heterocycles. The smallest absolute Gasteiger partial charge is 0.183 e. The molecule has 3 atom stereocenters. The maximum Gasteiger partial charge on any atom is 0.183 e. The average molecular weight is 939 g/mol. The number of benzene rings is 6. The van der Waals surface area contributed by atoms with Gasteiger partial charge in [0, 0.05) is 21.7 Å². The summed E-state index contributed by atoms with van der Waals surface area (Å²) < 4.78 is 10.6. The van der Waals surface area contributed by atoms with E-state index in [4.69, 9.17) is 21.1 Å². The summed E-state index contributed by atoms with van der Waals surface area (Å²) in [6.45, 7) is 6.21. The molecule has 68 heavy (non-hydrogen) atoms. The highest BCUT2D eigenvalue weighted by atomic mass is 35.5. The summed E-state index contributed by atoms with van der Waals surface area (Å²) in [7, 11) is 15.0. The van der Waals surface area contributed by atoms with Crippen LogP contribution in [0.2, 0.25) is 5.02 Å². The largest absolute Gasteiger partial charge is 0.493 e. The van der Waals surface area contributed by atoms with Crippen LogP contribution in [0.25, 0.3) is 0 Å². The summed E-state index contributed by atoms with van der Waals surface area (Å²) in [5.74, 6) is 1.61. The van der Waals surface area contributed by atoms with E-state index in [0.29, 0.717) is 46.9 Å². The van der Waals surface area contributed by atoms with Crippen LogP contribution in [0.4, 0.5) is 0 Å². The van der Waals surface area contributed by atoms with Crippen LogP contribution >= 0.6 is 11.6 Å². The van der Waals surface area contributed by atoms with E-state index in [2.05, 4.69) is 62.1 Å². The molecule has 0 saturated heterocycles. The predicted octanol–water partition coefficient (Wildman–Crippen LogP) is 12.1. The predicted molar refractivity (Wildman–Crippen MR) is 281 cm³/mol. The molecule has 0 saturated carbocycles. The van der Waals surface area contributed by atoms with Crippen LogP contribution in [-0.2, 0) is 19.3 Å². The van der Waals surface area contributed by atoms with Gasteiger partial charge in [-0.05, 0) is 140 Å². The minimum absolute atomic E-state index is 0.0878. The van der Waals surface area contributed by atoms with Crippen molar-refractivity contribution in [2.45, 2.75) is 75.9 Å². The molecule has 8 nitrogen and oxygen atoms in total. The Hall–Kier alpha value is -5.90. The Morgan fingerprint density at radius 3 is 1.01 bits per heavy atom. The molecule has 6 aromatic rings. The molecule has 6 rings (SSSR count). The topological polar surface area (TPSA) is 79.4 Å². The number of carbonyl (C=O) groups excluding carboxylic acids is 3. The Morgan fingerprint density at radius 1 is 0.412 bits per heavy atom. The van der Waals surface area contributed by atoms with Crippen LogP contribution in [-0.4, -0.2) is 105 Å². The van der Waals surface area contributed by atoms with Gasteiger partial charge >= 0.3 is 0 Å². The number of ketones is 3. The van der Waals surface area contributed by atoms with Gasteiger partial charge in [0.1, 0.15) is 0 Å². The molecule has 0 aromatic heterocycles. The summed E-state index contributed by atoms with van der Waals surface area (Å²) in [5, 5.41) is 0.645. The molecule has 0 heterocycles. The summed E-state index contributed by atoms with van der Waals surface area (Å²) in [4.78, 5) is 45.9. The lowest BCUT2D eigenvalue weighted by atomic mass is 9.80. The molecule has 0 N–H and O–H groups in total. The summed E-state index contributed by atoms with van der Waals surface area (Å²) in [6.07, 6.45) is 4.31. The van der Waals surface area contributed by atoms with Gasteiger partial charge in [-0.1, -0.05) is 154 Å². The van der Waals surface area contributed by atoms with Crippen molar-refractivity contribution in [3.8, 4) is 11.5 Å². The normalized spacial score (nSPS) is 13.7. The third kappa shape index (κ3) is 13.4. The van der Waals surface area contributed by atoms with Gasteiger partial charge < -0.3 is 9.47 Å². The Morgan fingerprint density at radius 2 is 0.706 bits per heavy atom.